The number of fused-ring (bicyclic) bond motifs is 5. The molecule has 0 bridgehead atoms. The molecule has 0 aromatic carbocycles. The molecule has 1 aromatic heterocycles. The van der Waals surface area contributed by atoms with E-state index in [1.807, 2.05) is 6.07 Å². The van der Waals surface area contributed by atoms with Gasteiger partial charge in [0.15, 0.2) is 0 Å². The summed E-state index contributed by atoms with van der Waals surface area (Å²) >= 11 is 0. The van der Waals surface area contributed by atoms with Crippen LogP contribution in [0.4, 0.5) is 0 Å². The fraction of sp³-hybridized carbons (Fsp3) is 0.846. The summed E-state index contributed by atoms with van der Waals surface area (Å²) in [6, 6.07) is 1.99. The van der Waals surface area contributed by atoms with Gasteiger partial charge in [0.1, 0.15) is 0 Å². The maximum absolute atomic E-state index is 11.8. The minimum Gasteiger partial charge on any atom is -0.472 e. The SMILES string of the molecule is C[C@]12CC[C@H](OCCCN)C[C@H]1CC[C@@H]1[C@@H]2CC[C@@]2(C)[C@H]1CC[C@@]2(O)c1ccoc1. The molecule has 5 rings (SSSR count). The highest BCUT2D eigenvalue weighted by molar-refractivity contribution is 5.26. The monoisotopic (exact) mass is 415 g/mol. The number of hydrogen-bond acceptors (Lipinski definition) is 4. The van der Waals surface area contributed by atoms with Crippen molar-refractivity contribution in [2.45, 2.75) is 89.8 Å². The molecule has 8 atom stereocenters. The molecule has 3 N–H and O–H groups in total. The van der Waals surface area contributed by atoms with Crippen LogP contribution in [0.3, 0.4) is 0 Å². The number of aliphatic hydroxyl groups is 1. The lowest BCUT2D eigenvalue weighted by atomic mass is 9.44. The fourth-order valence-electron chi connectivity index (χ4n) is 8.69. The van der Waals surface area contributed by atoms with Gasteiger partial charge in [-0.15, -0.1) is 0 Å². The largest absolute Gasteiger partial charge is 0.472 e. The molecule has 4 saturated carbocycles. The van der Waals surface area contributed by atoms with Gasteiger partial charge in [0.2, 0.25) is 0 Å². The summed E-state index contributed by atoms with van der Waals surface area (Å²) in [5.74, 6) is 3.01. The molecule has 0 saturated heterocycles. The second-order valence-electron chi connectivity index (χ2n) is 11.4. The zero-order valence-electron chi connectivity index (χ0n) is 18.9. The Bertz CT molecular complexity index is 735. The van der Waals surface area contributed by atoms with Gasteiger partial charge in [-0.25, -0.2) is 0 Å². The first-order valence-corrected chi connectivity index (χ1v) is 12.5. The Kier molecular flexibility index (Phi) is 5.35. The Morgan fingerprint density at radius 1 is 1.10 bits per heavy atom. The summed E-state index contributed by atoms with van der Waals surface area (Å²) in [6.45, 7) is 6.53. The van der Waals surface area contributed by atoms with Crippen LogP contribution in [0.1, 0.15) is 83.6 Å². The van der Waals surface area contributed by atoms with E-state index in [9.17, 15) is 5.11 Å². The molecule has 1 heterocycles. The van der Waals surface area contributed by atoms with Gasteiger partial charge in [-0.3, -0.25) is 0 Å². The molecule has 1 aromatic rings. The third-order valence-electron chi connectivity index (χ3n) is 10.5. The van der Waals surface area contributed by atoms with Crippen LogP contribution in [0.25, 0.3) is 0 Å². The zero-order chi connectivity index (χ0) is 21.0. The molecule has 4 nitrogen and oxygen atoms in total. The molecule has 0 amide bonds. The first-order chi connectivity index (χ1) is 14.4. The molecule has 168 valence electrons. The highest BCUT2D eigenvalue weighted by Gasteiger charge is 2.65. The number of rotatable bonds is 5. The highest BCUT2D eigenvalue weighted by atomic mass is 16.5. The number of hydrogen-bond donors (Lipinski definition) is 2. The fourth-order valence-corrected chi connectivity index (χ4v) is 8.69. The van der Waals surface area contributed by atoms with Crippen LogP contribution in [0, 0.1) is 34.5 Å². The van der Waals surface area contributed by atoms with Crippen LogP contribution in [-0.2, 0) is 10.3 Å². The Hall–Kier alpha value is -0.840. The minimum absolute atomic E-state index is 0.0240. The number of nitrogens with two attached hydrogens (primary N) is 1. The van der Waals surface area contributed by atoms with Gasteiger partial charge in [-0.05, 0) is 106 Å². The first kappa shape index (κ1) is 21.0. The van der Waals surface area contributed by atoms with E-state index < -0.39 is 5.60 Å². The summed E-state index contributed by atoms with van der Waals surface area (Å²) in [5.41, 5.74) is 6.35. The third-order valence-corrected chi connectivity index (χ3v) is 10.5. The maximum atomic E-state index is 11.8. The molecule has 4 fully saturated rings. The summed E-state index contributed by atoms with van der Waals surface area (Å²) < 4.78 is 11.6. The zero-order valence-corrected chi connectivity index (χ0v) is 18.9. The Morgan fingerprint density at radius 2 is 1.93 bits per heavy atom. The van der Waals surface area contributed by atoms with E-state index in [0.717, 1.165) is 62.2 Å². The van der Waals surface area contributed by atoms with Crippen molar-refractivity contribution in [1.29, 1.82) is 0 Å². The lowest BCUT2D eigenvalue weighted by Crippen LogP contribution is -2.56. The van der Waals surface area contributed by atoms with E-state index >= 15 is 0 Å². The lowest BCUT2D eigenvalue weighted by Gasteiger charge is -2.61. The van der Waals surface area contributed by atoms with E-state index in [1.54, 1.807) is 12.5 Å². The molecule has 4 heteroatoms. The van der Waals surface area contributed by atoms with Crippen LogP contribution < -0.4 is 5.73 Å². The van der Waals surface area contributed by atoms with Crippen molar-refractivity contribution in [2.24, 2.45) is 40.2 Å². The summed E-state index contributed by atoms with van der Waals surface area (Å²) in [5, 5.41) is 11.8. The standard InChI is InChI=1S/C26H41NO3/c1-24-10-6-20(30-14-3-13-27)16-18(24)4-5-21-22(24)7-11-25(2)23(21)8-12-26(25,28)19-9-15-29-17-19/h9,15,17-18,20-23,28H,3-8,10-14,16,27H2,1-2H3/t18-,20+,21-,22+,23+,24+,25+,26-/m1/s1. The Labute approximate surface area is 181 Å². The summed E-state index contributed by atoms with van der Waals surface area (Å²) in [7, 11) is 0. The highest BCUT2D eigenvalue weighted by Crippen LogP contribution is 2.70. The Morgan fingerprint density at radius 3 is 2.70 bits per heavy atom. The van der Waals surface area contributed by atoms with Gasteiger partial charge in [0.25, 0.3) is 0 Å². The molecule has 4 aliphatic carbocycles. The van der Waals surface area contributed by atoms with Crippen LogP contribution in [-0.4, -0.2) is 24.4 Å². The van der Waals surface area contributed by atoms with Crippen LogP contribution in [0.5, 0.6) is 0 Å². The average Bonchev–Trinajstić information content (AvgIpc) is 3.36. The predicted octanol–water partition coefficient (Wildman–Crippen LogP) is 5.24. The quantitative estimate of drug-likeness (QED) is 0.645. The van der Waals surface area contributed by atoms with Crippen molar-refractivity contribution in [3.63, 3.8) is 0 Å². The molecule has 0 spiro atoms. The lowest BCUT2D eigenvalue weighted by molar-refractivity contribution is -0.164. The minimum atomic E-state index is -0.720. The second-order valence-corrected chi connectivity index (χ2v) is 11.4. The maximum Gasteiger partial charge on any atom is 0.0983 e. The van der Waals surface area contributed by atoms with Gasteiger partial charge in [-0.1, -0.05) is 13.8 Å². The first-order valence-electron chi connectivity index (χ1n) is 12.5. The van der Waals surface area contributed by atoms with E-state index in [1.165, 1.54) is 38.5 Å². The van der Waals surface area contributed by atoms with Gasteiger partial charge in [0, 0.05) is 17.6 Å². The van der Waals surface area contributed by atoms with Gasteiger partial charge >= 0.3 is 0 Å². The van der Waals surface area contributed by atoms with Crippen LogP contribution >= 0.6 is 0 Å². The van der Waals surface area contributed by atoms with Crippen molar-refractivity contribution in [3.8, 4) is 0 Å². The van der Waals surface area contributed by atoms with Crippen molar-refractivity contribution < 1.29 is 14.3 Å². The molecular weight excluding hydrogens is 374 g/mol. The Balaban J connectivity index is 1.34. The van der Waals surface area contributed by atoms with Crippen molar-refractivity contribution >= 4 is 0 Å². The van der Waals surface area contributed by atoms with Crippen molar-refractivity contribution in [1.82, 2.24) is 0 Å². The molecule has 4 aliphatic rings. The predicted molar refractivity (Wildman–Crippen MR) is 118 cm³/mol. The third kappa shape index (κ3) is 2.97. The molecule has 30 heavy (non-hydrogen) atoms. The molecule has 0 aliphatic heterocycles. The van der Waals surface area contributed by atoms with Crippen molar-refractivity contribution in [2.75, 3.05) is 13.2 Å². The van der Waals surface area contributed by atoms with Crippen LogP contribution in [0.15, 0.2) is 23.0 Å². The van der Waals surface area contributed by atoms with Crippen LogP contribution in [0.2, 0.25) is 0 Å². The van der Waals surface area contributed by atoms with Crippen molar-refractivity contribution in [3.05, 3.63) is 24.2 Å². The van der Waals surface area contributed by atoms with Gasteiger partial charge in [-0.2, -0.15) is 0 Å². The topological polar surface area (TPSA) is 68.6 Å². The van der Waals surface area contributed by atoms with Gasteiger partial charge < -0.3 is 20.0 Å². The summed E-state index contributed by atoms with van der Waals surface area (Å²) in [6.07, 6.45) is 15.8. The smallest absolute Gasteiger partial charge is 0.0983 e. The summed E-state index contributed by atoms with van der Waals surface area (Å²) in [4.78, 5) is 0. The normalized spacial score (nSPS) is 48.1. The molecule has 0 radical (unpaired) electrons. The number of ether oxygens (including phenoxy) is 1. The average molecular weight is 416 g/mol. The second kappa shape index (κ2) is 7.64. The van der Waals surface area contributed by atoms with E-state index in [2.05, 4.69) is 13.8 Å². The molecular formula is C26H41NO3. The van der Waals surface area contributed by atoms with E-state index in [4.69, 9.17) is 14.9 Å². The molecule has 0 unspecified atom stereocenters. The number of furan rings is 1. The van der Waals surface area contributed by atoms with Gasteiger partial charge in [0.05, 0.1) is 24.2 Å². The van der Waals surface area contributed by atoms with E-state index in [0.29, 0.717) is 17.4 Å². The van der Waals surface area contributed by atoms with E-state index in [-0.39, 0.29) is 5.41 Å².